The fourth-order valence-electron chi connectivity index (χ4n) is 1.70. The molecule has 1 aliphatic heterocycles. The van der Waals surface area contributed by atoms with E-state index in [0.717, 1.165) is 31.8 Å². The van der Waals surface area contributed by atoms with E-state index in [0.29, 0.717) is 5.95 Å². The molecule has 2 N–H and O–H groups in total. The van der Waals surface area contributed by atoms with Crippen LogP contribution in [0.2, 0.25) is 0 Å². The topological polar surface area (TPSA) is 82.1 Å². The van der Waals surface area contributed by atoms with Gasteiger partial charge in [-0.25, -0.2) is 4.79 Å². The first-order valence-corrected chi connectivity index (χ1v) is 5.07. The average Bonchev–Trinajstić information content (AvgIpc) is 2.68. The number of carbonyl (C=O) groups is 1. The Labute approximate surface area is 87.3 Å². The molecule has 1 aliphatic rings. The largest absolute Gasteiger partial charge is 0.475 e. The van der Waals surface area contributed by atoms with E-state index in [2.05, 4.69) is 22.1 Å². The summed E-state index contributed by atoms with van der Waals surface area (Å²) in [7, 11) is 0. The third-order valence-electron chi connectivity index (χ3n) is 2.74. The first-order chi connectivity index (χ1) is 7.16. The van der Waals surface area contributed by atoms with Crippen LogP contribution in [0.4, 0.5) is 5.95 Å². The molecule has 0 unspecified atom stereocenters. The van der Waals surface area contributed by atoms with E-state index in [1.54, 1.807) is 0 Å². The second kappa shape index (κ2) is 3.88. The van der Waals surface area contributed by atoms with Gasteiger partial charge in [-0.1, -0.05) is 6.92 Å². The number of anilines is 1. The minimum absolute atomic E-state index is 0.0939. The molecule has 1 aromatic rings. The first-order valence-electron chi connectivity index (χ1n) is 5.07. The zero-order valence-corrected chi connectivity index (χ0v) is 8.60. The van der Waals surface area contributed by atoms with Crippen molar-refractivity contribution < 1.29 is 9.90 Å². The van der Waals surface area contributed by atoms with Gasteiger partial charge in [0.2, 0.25) is 11.8 Å². The highest BCUT2D eigenvalue weighted by Crippen LogP contribution is 2.19. The van der Waals surface area contributed by atoms with E-state index in [1.165, 1.54) is 0 Å². The van der Waals surface area contributed by atoms with Crippen LogP contribution >= 0.6 is 0 Å². The molecule has 0 radical (unpaired) electrons. The number of piperidine rings is 1. The number of H-pyrrole nitrogens is 1. The minimum atomic E-state index is -1.07. The molecule has 15 heavy (non-hydrogen) atoms. The lowest BCUT2D eigenvalue weighted by Crippen LogP contribution is -2.33. The van der Waals surface area contributed by atoms with E-state index < -0.39 is 5.97 Å². The van der Waals surface area contributed by atoms with Crippen molar-refractivity contribution in [2.45, 2.75) is 19.8 Å². The predicted octanol–water partition coefficient (Wildman–Crippen LogP) is 0.739. The van der Waals surface area contributed by atoms with Crippen molar-refractivity contribution in [2.75, 3.05) is 18.0 Å². The van der Waals surface area contributed by atoms with Crippen LogP contribution in [0.3, 0.4) is 0 Å². The summed E-state index contributed by atoms with van der Waals surface area (Å²) in [4.78, 5) is 16.5. The number of aromatic nitrogens is 3. The number of aromatic carboxylic acids is 1. The summed E-state index contributed by atoms with van der Waals surface area (Å²) in [6, 6.07) is 0. The predicted molar refractivity (Wildman–Crippen MR) is 54.0 cm³/mol. The van der Waals surface area contributed by atoms with E-state index in [1.807, 2.05) is 4.90 Å². The second-order valence-corrected chi connectivity index (χ2v) is 3.96. The van der Waals surface area contributed by atoms with E-state index in [9.17, 15) is 4.79 Å². The molecule has 1 fully saturated rings. The van der Waals surface area contributed by atoms with Crippen molar-refractivity contribution in [1.82, 2.24) is 15.2 Å². The molecule has 0 bridgehead atoms. The average molecular weight is 210 g/mol. The van der Waals surface area contributed by atoms with Crippen molar-refractivity contribution >= 4 is 11.9 Å². The molecule has 2 rings (SSSR count). The smallest absolute Gasteiger partial charge is 0.373 e. The number of nitrogens with zero attached hydrogens (tertiary/aromatic N) is 3. The Morgan fingerprint density at radius 2 is 2.20 bits per heavy atom. The van der Waals surface area contributed by atoms with Gasteiger partial charge in [0.15, 0.2) is 0 Å². The lowest BCUT2D eigenvalue weighted by molar-refractivity contribution is 0.0684. The molecule has 0 aliphatic carbocycles. The summed E-state index contributed by atoms with van der Waals surface area (Å²) < 4.78 is 0. The lowest BCUT2D eigenvalue weighted by atomic mass is 10.00. The van der Waals surface area contributed by atoms with Gasteiger partial charge in [0.1, 0.15) is 0 Å². The molecular weight excluding hydrogens is 196 g/mol. The minimum Gasteiger partial charge on any atom is -0.475 e. The summed E-state index contributed by atoms with van der Waals surface area (Å²) in [5.41, 5.74) is 0. The lowest BCUT2D eigenvalue weighted by Gasteiger charge is -2.28. The van der Waals surface area contributed by atoms with Crippen LogP contribution in [-0.2, 0) is 0 Å². The molecule has 6 nitrogen and oxygen atoms in total. The molecule has 0 spiro atoms. The van der Waals surface area contributed by atoms with Gasteiger partial charge in [0, 0.05) is 13.1 Å². The van der Waals surface area contributed by atoms with E-state index in [-0.39, 0.29) is 5.82 Å². The fraction of sp³-hybridized carbons (Fsp3) is 0.667. The Morgan fingerprint density at radius 1 is 1.53 bits per heavy atom. The normalized spacial score (nSPS) is 18.1. The summed E-state index contributed by atoms with van der Waals surface area (Å²) in [5.74, 6) is 0.0705. The number of rotatable bonds is 2. The van der Waals surface area contributed by atoms with Crippen molar-refractivity contribution in [3.05, 3.63) is 5.82 Å². The Kier molecular flexibility index (Phi) is 2.57. The number of carboxylic acid groups (broad SMARTS) is 1. The molecule has 6 heteroatoms. The maximum Gasteiger partial charge on any atom is 0.373 e. The molecular formula is C9H14N4O2. The van der Waals surface area contributed by atoms with E-state index in [4.69, 9.17) is 5.11 Å². The SMILES string of the molecule is CC1CCN(c2n[nH]c(C(=O)O)n2)CC1. The number of nitrogens with one attached hydrogen (secondary N) is 1. The second-order valence-electron chi connectivity index (χ2n) is 3.96. The number of hydrogen-bond donors (Lipinski definition) is 2. The molecule has 1 saturated heterocycles. The zero-order chi connectivity index (χ0) is 10.8. The Bertz CT molecular complexity index is 355. The molecule has 0 aromatic carbocycles. The van der Waals surface area contributed by atoms with Gasteiger partial charge < -0.3 is 10.0 Å². The molecule has 82 valence electrons. The monoisotopic (exact) mass is 210 g/mol. The summed E-state index contributed by atoms with van der Waals surface area (Å²) in [6.45, 7) is 4.02. The Hall–Kier alpha value is -1.59. The highest BCUT2D eigenvalue weighted by Gasteiger charge is 2.20. The van der Waals surface area contributed by atoms with E-state index >= 15 is 0 Å². The first kappa shape index (κ1) is 9.95. The van der Waals surface area contributed by atoms with Crippen LogP contribution < -0.4 is 4.90 Å². The van der Waals surface area contributed by atoms with Crippen LogP contribution in [0, 0.1) is 5.92 Å². The van der Waals surface area contributed by atoms with Crippen molar-refractivity contribution in [1.29, 1.82) is 0 Å². The standard InChI is InChI=1S/C9H14N4O2/c1-6-2-4-13(5-3-6)9-10-7(8(14)15)11-12-9/h6H,2-5H2,1H3,(H,14,15)(H,10,11,12). The van der Waals surface area contributed by atoms with Crippen molar-refractivity contribution in [3.8, 4) is 0 Å². The van der Waals surface area contributed by atoms with Crippen LogP contribution in [-0.4, -0.2) is 39.3 Å². The maximum absolute atomic E-state index is 10.6. The maximum atomic E-state index is 10.6. The van der Waals surface area contributed by atoms with Gasteiger partial charge >= 0.3 is 5.97 Å². The molecule has 2 heterocycles. The van der Waals surface area contributed by atoms with Gasteiger partial charge in [-0.2, -0.15) is 4.98 Å². The van der Waals surface area contributed by atoms with Crippen LogP contribution in [0.5, 0.6) is 0 Å². The highest BCUT2D eigenvalue weighted by molar-refractivity contribution is 5.83. The summed E-state index contributed by atoms with van der Waals surface area (Å²) in [5, 5.41) is 15.0. The van der Waals surface area contributed by atoms with Crippen LogP contribution in [0.15, 0.2) is 0 Å². The molecule has 0 amide bonds. The summed E-state index contributed by atoms with van der Waals surface area (Å²) >= 11 is 0. The Morgan fingerprint density at radius 3 is 2.73 bits per heavy atom. The van der Waals surface area contributed by atoms with Gasteiger partial charge in [-0.05, 0) is 18.8 Å². The van der Waals surface area contributed by atoms with Crippen LogP contribution in [0.1, 0.15) is 30.4 Å². The highest BCUT2D eigenvalue weighted by atomic mass is 16.4. The third-order valence-corrected chi connectivity index (χ3v) is 2.74. The van der Waals surface area contributed by atoms with Crippen molar-refractivity contribution in [2.24, 2.45) is 5.92 Å². The van der Waals surface area contributed by atoms with Crippen LogP contribution in [0.25, 0.3) is 0 Å². The number of carboxylic acids is 1. The van der Waals surface area contributed by atoms with Gasteiger partial charge in [-0.15, -0.1) is 5.10 Å². The Balaban J connectivity index is 2.06. The third kappa shape index (κ3) is 2.08. The zero-order valence-electron chi connectivity index (χ0n) is 8.60. The molecule has 1 aromatic heterocycles. The quantitative estimate of drug-likeness (QED) is 0.752. The van der Waals surface area contributed by atoms with Crippen molar-refractivity contribution in [3.63, 3.8) is 0 Å². The van der Waals surface area contributed by atoms with Gasteiger partial charge in [0.25, 0.3) is 0 Å². The molecule has 0 atom stereocenters. The van der Waals surface area contributed by atoms with Gasteiger partial charge in [0.05, 0.1) is 0 Å². The number of aromatic amines is 1. The summed E-state index contributed by atoms with van der Waals surface area (Å²) in [6.07, 6.45) is 2.22. The number of hydrogen-bond acceptors (Lipinski definition) is 4. The molecule has 0 saturated carbocycles. The van der Waals surface area contributed by atoms with Gasteiger partial charge in [-0.3, -0.25) is 5.10 Å². The fourth-order valence-corrected chi connectivity index (χ4v) is 1.70.